The number of halogens is 1. The largest absolute Gasteiger partial charge is 0.462 e. The van der Waals surface area contributed by atoms with Crippen molar-refractivity contribution >= 4 is 17.7 Å². The molecule has 0 heterocycles. The molecule has 0 aliphatic rings. The van der Waals surface area contributed by atoms with E-state index in [0.717, 1.165) is 12.1 Å². The minimum atomic E-state index is -0.767. The summed E-state index contributed by atoms with van der Waals surface area (Å²) in [5.41, 5.74) is -0.0690. The number of rotatable bonds is 8. The summed E-state index contributed by atoms with van der Waals surface area (Å²) >= 11 is 0. The quantitative estimate of drug-likeness (QED) is 0.687. The number of esters is 2. The maximum Gasteiger partial charge on any atom is 0.338 e. The highest BCUT2D eigenvalue weighted by molar-refractivity contribution is 6.00. The average molecular weight is 324 g/mol. The van der Waals surface area contributed by atoms with E-state index in [1.807, 2.05) is 6.92 Å². The zero-order valence-corrected chi connectivity index (χ0v) is 13.6. The van der Waals surface area contributed by atoms with E-state index in [-0.39, 0.29) is 42.1 Å². The molecule has 0 aliphatic heterocycles. The lowest BCUT2D eigenvalue weighted by atomic mass is 9.94. The van der Waals surface area contributed by atoms with Crippen LogP contribution in [0.5, 0.6) is 0 Å². The molecule has 0 atom stereocenters. The number of carbonyl (C=O) groups excluding carboxylic acids is 3. The van der Waals surface area contributed by atoms with Crippen molar-refractivity contribution in [1.29, 1.82) is 0 Å². The second kappa shape index (κ2) is 9.02. The van der Waals surface area contributed by atoms with Crippen LogP contribution in [0.4, 0.5) is 4.39 Å². The molecule has 126 valence electrons. The smallest absolute Gasteiger partial charge is 0.338 e. The van der Waals surface area contributed by atoms with Crippen molar-refractivity contribution in [3.05, 3.63) is 34.6 Å². The van der Waals surface area contributed by atoms with Crippen molar-refractivity contribution in [2.75, 3.05) is 13.2 Å². The zero-order valence-electron chi connectivity index (χ0n) is 13.6. The van der Waals surface area contributed by atoms with Gasteiger partial charge in [0.15, 0.2) is 0 Å². The van der Waals surface area contributed by atoms with Gasteiger partial charge in [-0.3, -0.25) is 4.79 Å². The maximum atomic E-state index is 13.8. The van der Waals surface area contributed by atoms with E-state index < -0.39 is 17.8 Å². The van der Waals surface area contributed by atoms with E-state index in [0.29, 0.717) is 12.8 Å². The number of ether oxygens (including phenoxy) is 2. The second-order valence-electron chi connectivity index (χ2n) is 4.89. The lowest BCUT2D eigenvalue weighted by molar-refractivity contribution is -0.118. The summed E-state index contributed by atoms with van der Waals surface area (Å²) in [6.45, 7) is 5.29. The van der Waals surface area contributed by atoms with Crippen LogP contribution >= 0.6 is 0 Å². The molecule has 6 heteroatoms. The van der Waals surface area contributed by atoms with Crippen LogP contribution in [0.2, 0.25) is 0 Å². The molecule has 0 aromatic heterocycles. The molecule has 0 fully saturated rings. The Labute approximate surface area is 134 Å². The van der Waals surface area contributed by atoms with Crippen molar-refractivity contribution in [1.82, 2.24) is 0 Å². The fourth-order valence-electron chi connectivity index (χ4n) is 2.17. The average Bonchev–Trinajstić information content (AvgIpc) is 2.49. The minimum absolute atomic E-state index is 0.104. The molecule has 0 saturated carbocycles. The molecular weight excluding hydrogens is 303 g/mol. The topological polar surface area (TPSA) is 69.7 Å². The van der Waals surface area contributed by atoms with Gasteiger partial charge in [0.05, 0.1) is 24.3 Å². The summed E-state index contributed by atoms with van der Waals surface area (Å²) in [5.74, 6) is -2.44. The molecule has 1 aromatic carbocycles. The summed E-state index contributed by atoms with van der Waals surface area (Å²) in [6.07, 6.45) is 0.807. The van der Waals surface area contributed by atoms with Gasteiger partial charge in [-0.25, -0.2) is 14.0 Å². The van der Waals surface area contributed by atoms with Crippen LogP contribution in [0.15, 0.2) is 12.1 Å². The predicted molar refractivity (Wildman–Crippen MR) is 81.9 cm³/mol. The van der Waals surface area contributed by atoms with Gasteiger partial charge in [0.2, 0.25) is 0 Å². The van der Waals surface area contributed by atoms with Crippen LogP contribution in [0.25, 0.3) is 0 Å². The first kappa shape index (κ1) is 18.8. The first-order chi connectivity index (χ1) is 10.9. The molecule has 0 bridgehead atoms. The molecule has 0 radical (unpaired) electrons. The second-order valence-corrected chi connectivity index (χ2v) is 4.89. The number of ketones is 1. The number of benzene rings is 1. The molecule has 0 aliphatic carbocycles. The molecule has 0 unspecified atom stereocenters. The third-order valence-corrected chi connectivity index (χ3v) is 3.11. The van der Waals surface area contributed by atoms with E-state index in [4.69, 9.17) is 9.47 Å². The van der Waals surface area contributed by atoms with Crippen molar-refractivity contribution in [3.8, 4) is 0 Å². The lowest BCUT2D eigenvalue weighted by Gasteiger charge is -2.13. The Bertz CT molecular complexity index is 556. The van der Waals surface area contributed by atoms with Crippen LogP contribution in [0.3, 0.4) is 0 Å². The summed E-state index contributed by atoms with van der Waals surface area (Å²) in [4.78, 5) is 36.0. The number of hydrogen-bond acceptors (Lipinski definition) is 5. The molecule has 5 nitrogen and oxygen atoms in total. The van der Waals surface area contributed by atoms with Crippen molar-refractivity contribution < 1.29 is 28.2 Å². The maximum absolute atomic E-state index is 13.8. The van der Waals surface area contributed by atoms with Gasteiger partial charge in [-0.15, -0.1) is 0 Å². The van der Waals surface area contributed by atoms with E-state index in [1.54, 1.807) is 13.8 Å². The van der Waals surface area contributed by atoms with Crippen LogP contribution in [-0.2, 0) is 20.7 Å². The third-order valence-electron chi connectivity index (χ3n) is 3.11. The van der Waals surface area contributed by atoms with Crippen molar-refractivity contribution in [3.63, 3.8) is 0 Å². The third kappa shape index (κ3) is 5.16. The highest BCUT2D eigenvalue weighted by Crippen LogP contribution is 2.21. The number of Topliss-reactive ketones (excluding diaryl/α,β-unsaturated/α-hetero) is 1. The number of carbonyl (C=O) groups is 3. The monoisotopic (exact) mass is 324 g/mol. The minimum Gasteiger partial charge on any atom is -0.462 e. The summed E-state index contributed by atoms with van der Waals surface area (Å²) in [5, 5.41) is 0. The van der Waals surface area contributed by atoms with Gasteiger partial charge in [0.25, 0.3) is 0 Å². The highest BCUT2D eigenvalue weighted by Gasteiger charge is 2.24. The zero-order chi connectivity index (χ0) is 17.4. The summed E-state index contributed by atoms with van der Waals surface area (Å²) in [7, 11) is 0. The van der Waals surface area contributed by atoms with Gasteiger partial charge in [0, 0.05) is 12.8 Å². The molecule has 0 spiro atoms. The standard InChI is InChI=1S/C17H21FO5/c1-4-7-12(19)10-13-14(16(20)22-5-2)8-11(18)9-15(13)17(21)23-6-3/h8-9H,4-7,10H2,1-3H3. The van der Waals surface area contributed by atoms with E-state index >= 15 is 0 Å². The van der Waals surface area contributed by atoms with Gasteiger partial charge in [-0.05, 0) is 38.0 Å². The molecule has 23 heavy (non-hydrogen) atoms. The Morgan fingerprint density at radius 3 is 1.83 bits per heavy atom. The normalized spacial score (nSPS) is 10.3. The Morgan fingerprint density at radius 2 is 1.43 bits per heavy atom. The molecule has 1 rings (SSSR count). The number of hydrogen-bond donors (Lipinski definition) is 0. The Kier molecular flexibility index (Phi) is 7.38. The van der Waals surface area contributed by atoms with E-state index in [2.05, 4.69) is 0 Å². The van der Waals surface area contributed by atoms with Crippen molar-refractivity contribution in [2.45, 2.75) is 40.0 Å². The first-order valence-electron chi connectivity index (χ1n) is 7.62. The van der Waals surface area contributed by atoms with Gasteiger partial charge in [0.1, 0.15) is 11.6 Å². The Hall–Kier alpha value is -2.24. The van der Waals surface area contributed by atoms with Gasteiger partial charge in [-0.2, -0.15) is 0 Å². The highest BCUT2D eigenvalue weighted by atomic mass is 19.1. The Morgan fingerprint density at radius 1 is 0.957 bits per heavy atom. The van der Waals surface area contributed by atoms with Crippen LogP contribution in [0.1, 0.15) is 59.9 Å². The molecule has 0 saturated heterocycles. The van der Waals surface area contributed by atoms with Gasteiger partial charge in [-0.1, -0.05) is 6.92 Å². The van der Waals surface area contributed by atoms with E-state index in [1.165, 1.54) is 0 Å². The molecule has 0 N–H and O–H groups in total. The SMILES string of the molecule is CCCC(=O)Cc1c(C(=O)OCC)cc(F)cc1C(=O)OCC. The lowest BCUT2D eigenvalue weighted by Crippen LogP contribution is -2.18. The van der Waals surface area contributed by atoms with Crippen molar-refractivity contribution in [2.24, 2.45) is 0 Å². The summed E-state index contributed by atoms with van der Waals surface area (Å²) in [6, 6.07) is 1.96. The molecule has 1 aromatic rings. The first-order valence-corrected chi connectivity index (χ1v) is 7.62. The van der Waals surface area contributed by atoms with E-state index in [9.17, 15) is 18.8 Å². The Balaban J connectivity index is 3.39. The molecule has 0 amide bonds. The fourth-order valence-corrected chi connectivity index (χ4v) is 2.17. The summed E-state index contributed by atoms with van der Waals surface area (Å²) < 4.78 is 23.6. The molecular formula is C17H21FO5. The van der Waals surface area contributed by atoms with Crippen LogP contribution < -0.4 is 0 Å². The van der Waals surface area contributed by atoms with Crippen LogP contribution in [0, 0.1) is 5.82 Å². The van der Waals surface area contributed by atoms with Gasteiger partial charge >= 0.3 is 11.9 Å². The predicted octanol–water partition coefficient (Wildman–Crippen LogP) is 3.09. The van der Waals surface area contributed by atoms with Crippen LogP contribution in [-0.4, -0.2) is 30.9 Å². The fraction of sp³-hybridized carbons (Fsp3) is 0.471. The van der Waals surface area contributed by atoms with Gasteiger partial charge < -0.3 is 9.47 Å².